The first-order valence-corrected chi connectivity index (χ1v) is 10.1. The van der Waals surface area contributed by atoms with Crippen LogP contribution >= 0.6 is 0 Å². The van der Waals surface area contributed by atoms with Crippen molar-refractivity contribution in [2.24, 2.45) is 11.8 Å². The minimum atomic E-state index is -3.23. The van der Waals surface area contributed by atoms with E-state index < -0.39 is 10.0 Å². The molecule has 2 heterocycles. The van der Waals surface area contributed by atoms with Gasteiger partial charge in [0.15, 0.2) is 0 Å². The number of rotatable bonds is 8. The Morgan fingerprint density at radius 2 is 2.12 bits per heavy atom. The lowest BCUT2D eigenvalue weighted by Gasteiger charge is -2.22. The molecule has 0 saturated carbocycles. The zero-order valence-corrected chi connectivity index (χ0v) is 15.7. The van der Waals surface area contributed by atoms with Crippen LogP contribution in [0.3, 0.4) is 0 Å². The second-order valence-corrected chi connectivity index (χ2v) is 8.53. The molecule has 0 aliphatic carbocycles. The van der Waals surface area contributed by atoms with Crippen molar-refractivity contribution in [2.45, 2.75) is 39.8 Å². The van der Waals surface area contributed by atoms with Gasteiger partial charge in [-0.05, 0) is 18.3 Å². The van der Waals surface area contributed by atoms with Gasteiger partial charge < -0.3 is 9.64 Å². The molecule has 2 rings (SSSR count). The van der Waals surface area contributed by atoms with Gasteiger partial charge in [0, 0.05) is 32.3 Å². The van der Waals surface area contributed by atoms with E-state index >= 15 is 0 Å². The highest BCUT2D eigenvalue weighted by Crippen LogP contribution is 2.28. The molecule has 0 aromatic carbocycles. The van der Waals surface area contributed by atoms with Gasteiger partial charge in [-0.25, -0.2) is 23.1 Å². The van der Waals surface area contributed by atoms with Crippen molar-refractivity contribution >= 4 is 15.8 Å². The van der Waals surface area contributed by atoms with Crippen molar-refractivity contribution in [3.8, 4) is 0 Å². The normalized spacial score (nSPS) is 21.6. The quantitative estimate of drug-likeness (QED) is 0.758. The van der Waals surface area contributed by atoms with Crippen LogP contribution in [0.4, 0.5) is 5.82 Å². The zero-order chi connectivity index (χ0) is 17.7. The summed E-state index contributed by atoms with van der Waals surface area (Å²) in [6.07, 6.45) is 2.15. The van der Waals surface area contributed by atoms with Crippen molar-refractivity contribution in [2.75, 3.05) is 30.9 Å². The van der Waals surface area contributed by atoms with E-state index in [1.54, 1.807) is 7.11 Å². The summed E-state index contributed by atoms with van der Waals surface area (Å²) < 4.78 is 32.3. The van der Waals surface area contributed by atoms with Gasteiger partial charge in [0.1, 0.15) is 12.1 Å². The first-order valence-electron chi connectivity index (χ1n) is 8.41. The van der Waals surface area contributed by atoms with Crippen molar-refractivity contribution in [1.29, 1.82) is 0 Å². The van der Waals surface area contributed by atoms with Crippen LogP contribution in [-0.4, -0.2) is 50.4 Å². The number of anilines is 1. The van der Waals surface area contributed by atoms with Gasteiger partial charge in [-0.1, -0.05) is 20.8 Å². The van der Waals surface area contributed by atoms with E-state index in [1.807, 2.05) is 13.0 Å². The maximum absolute atomic E-state index is 12.2. The molecule has 0 amide bonds. The number of ether oxygens (including phenoxy) is 1. The molecule has 1 N–H and O–H groups in total. The zero-order valence-electron chi connectivity index (χ0n) is 14.9. The van der Waals surface area contributed by atoms with Gasteiger partial charge in [-0.3, -0.25) is 0 Å². The molecule has 0 unspecified atom stereocenters. The maximum atomic E-state index is 12.2. The molecule has 0 radical (unpaired) electrons. The van der Waals surface area contributed by atoms with E-state index in [1.165, 1.54) is 6.33 Å². The number of aromatic nitrogens is 2. The molecule has 1 aliphatic heterocycles. The van der Waals surface area contributed by atoms with E-state index in [4.69, 9.17) is 4.74 Å². The molecular formula is C16H28N4O3S. The highest BCUT2D eigenvalue weighted by Gasteiger charge is 2.37. The lowest BCUT2D eigenvalue weighted by atomic mass is 9.92. The molecule has 1 saturated heterocycles. The average molecular weight is 356 g/mol. The lowest BCUT2D eigenvalue weighted by Crippen LogP contribution is -2.42. The third kappa shape index (κ3) is 4.87. The molecule has 8 heteroatoms. The number of hydrogen-bond acceptors (Lipinski definition) is 6. The van der Waals surface area contributed by atoms with Crippen LogP contribution in [0.5, 0.6) is 0 Å². The number of methoxy groups -OCH3 is 1. The Bertz CT molecular complexity index is 636. The Morgan fingerprint density at radius 3 is 2.75 bits per heavy atom. The fraction of sp³-hybridized carbons (Fsp3) is 0.750. The van der Waals surface area contributed by atoms with Crippen LogP contribution in [0.25, 0.3) is 0 Å². The summed E-state index contributed by atoms with van der Waals surface area (Å²) in [4.78, 5) is 10.7. The Balaban J connectivity index is 2.16. The molecule has 7 nitrogen and oxygen atoms in total. The van der Waals surface area contributed by atoms with Crippen LogP contribution in [0.2, 0.25) is 0 Å². The smallest absolute Gasteiger partial charge is 0.211 e. The summed E-state index contributed by atoms with van der Waals surface area (Å²) in [6.45, 7) is 7.97. The van der Waals surface area contributed by atoms with Gasteiger partial charge in [0.05, 0.1) is 18.1 Å². The molecule has 136 valence electrons. The summed E-state index contributed by atoms with van der Waals surface area (Å²) >= 11 is 0. The second kappa shape index (κ2) is 8.22. The highest BCUT2D eigenvalue weighted by atomic mass is 32.2. The Morgan fingerprint density at radius 1 is 1.38 bits per heavy atom. The number of nitrogens with one attached hydrogen (secondary N) is 1. The summed E-state index contributed by atoms with van der Waals surface area (Å²) in [5, 5.41) is 0. The Kier molecular flexibility index (Phi) is 6.54. The standard InChI is InChI=1S/C16H28N4O3S/c1-5-6-24(21,22)19-15-9-20(8-14(15)12(2)3)16-7-13(10-23-4)17-11-18-16/h7,11-12,14-15,19H,5-6,8-10H2,1-4H3/t14-,15+/m1/s1. The van der Waals surface area contributed by atoms with Gasteiger partial charge >= 0.3 is 0 Å². The fourth-order valence-electron chi connectivity index (χ4n) is 3.16. The first kappa shape index (κ1) is 19.1. The molecule has 1 aromatic rings. The van der Waals surface area contributed by atoms with E-state index in [0.29, 0.717) is 25.5 Å². The maximum Gasteiger partial charge on any atom is 0.211 e. The number of nitrogens with zero attached hydrogens (tertiary/aromatic N) is 3. The molecule has 1 aromatic heterocycles. The summed E-state index contributed by atoms with van der Waals surface area (Å²) in [6, 6.07) is 1.81. The Hall–Kier alpha value is -1.25. The van der Waals surface area contributed by atoms with Crippen molar-refractivity contribution in [3.63, 3.8) is 0 Å². The average Bonchev–Trinajstić information content (AvgIpc) is 2.91. The molecule has 1 aliphatic rings. The molecule has 0 bridgehead atoms. The third-order valence-corrected chi connectivity index (χ3v) is 5.96. The molecule has 24 heavy (non-hydrogen) atoms. The summed E-state index contributed by atoms with van der Waals surface area (Å²) in [5.74, 6) is 1.61. The minimum Gasteiger partial charge on any atom is -0.378 e. The minimum absolute atomic E-state index is 0.0950. The van der Waals surface area contributed by atoms with E-state index in [0.717, 1.165) is 18.1 Å². The van der Waals surface area contributed by atoms with E-state index in [2.05, 4.69) is 33.4 Å². The lowest BCUT2D eigenvalue weighted by molar-refractivity contribution is 0.181. The SMILES string of the molecule is CCCS(=O)(=O)N[C@H]1CN(c2cc(COC)ncn2)C[C@@H]1C(C)C. The predicted octanol–water partition coefficient (Wildman–Crippen LogP) is 1.41. The topological polar surface area (TPSA) is 84.4 Å². The summed E-state index contributed by atoms with van der Waals surface area (Å²) in [5.41, 5.74) is 0.818. The van der Waals surface area contributed by atoms with Crippen molar-refractivity contribution in [3.05, 3.63) is 18.1 Å². The fourth-order valence-corrected chi connectivity index (χ4v) is 4.53. The summed E-state index contributed by atoms with van der Waals surface area (Å²) in [7, 11) is -1.60. The van der Waals surface area contributed by atoms with E-state index in [9.17, 15) is 8.42 Å². The largest absolute Gasteiger partial charge is 0.378 e. The highest BCUT2D eigenvalue weighted by molar-refractivity contribution is 7.89. The van der Waals surface area contributed by atoms with Gasteiger partial charge in [0.25, 0.3) is 0 Å². The van der Waals surface area contributed by atoms with Gasteiger partial charge in [-0.15, -0.1) is 0 Å². The van der Waals surface area contributed by atoms with Gasteiger partial charge in [-0.2, -0.15) is 0 Å². The number of sulfonamides is 1. The molecular weight excluding hydrogens is 328 g/mol. The monoisotopic (exact) mass is 356 g/mol. The van der Waals surface area contributed by atoms with Crippen molar-refractivity contribution in [1.82, 2.24) is 14.7 Å². The van der Waals surface area contributed by atoms with Gasteiger partial charge in [0.2, 0.25) is 10.0 Å². The van der Waals surface area contributed by atoms with Crippen LogP contribution in [0.15, 0.2) is 12.4 Å². The van der Waals surface area contributed by atoms with Crippen LogP contribution in [-0.2, 0) is 21.4 Å². The van der Waals surface area contributed by atoms with Crippen LogP contribution in [0.1, 0.15) is 32.9 Å². The molecule has 0 spiro atoms. The van der Waals surface area contributed by atoms with Crippen molar-refractivity contribution < 1.29 is 13.2 Å². The third-order valence-electron chi connectivity index (χ3n) is 4.35. The molecule has 2 atom stereocenters. The Labute approximate surface area is 144 Å². The van der Waals surface area contributed by atoms with E-state index in [-0.39, 0.29) is 17.7 Å². The second-order valence-electron chi connectivity index (χ2n) is 6.66. The van der Waals surface area contributed by atoms with Crippen LogP contribution < -0.4 is 9.62 Å². The predicted molar refractivity (Wildman–Crippen MR) is 94.3 cm³/mol. The van der Waals surface area contributed by atoms with Crippen LogP contribution in [0, 0.1) is 11.8 Å². The first-order chi connectivity index (χ1) is 11.4. The number of hydrogen-bond donors (Lipinski definition) is 1. The molecule has 1 fully saturated rings.